The second-order valence-electron chi connectivity index (χ2n) is 6.71. The highest BCUT2D eigenvalue weighted by Gasteiger charge is 2.21. The van der Waals surface area contributed by atoms with Crippen LogP contribution in [0.1, 0.15) is 41.6 Å². The van der Waals surface area contributed by atoms with Crippen molar-refractivity contribution in [3.8, 4) is 11.5 Å². The van der Waals surface area contributed by atoms with Crippen LogP contribution < -0.4 is 9.47 Å². The molecule has 0 atom stereocenters. The lowest BCUT2D eigenvalue weighted by atomic mass is 9.90. The Hall–Kier alpha value is -2.08. The molecule has 26 heavy (non-hydrogen) atoms. The van der Waals surface area contributed by atoms with Gasteiger partial charge in [-0.3, -0.25) is 14.5 Å². The third-order valence-corrected chi connectivity index (χ3v) is 5.12. The highest BCUT2D eigenvalue weighted by Crippen LogP contribution is 2.31. The summed E-state index contributed by atoms with van der Waals surface area (Å²) in [6, 6.07) is 3.65. The molecule has 6 nitrogen and oxygen atoms in total. The fourth-order valence-electron chi connectivity index (χ4n) is 3.52. The largest absolute Gasteiger partial charge is 0.493 e. The van der Waals surface area contributed by atoms with E-state index >= 15 is 0 Å². The summed E-state index contributed by atoms with van der Waals surface area (Å²) in [5.41, 5.74) is 1.66. The Morgan fingerprint density at radius 2 is 1.81 bits per heavy atom. The van der Waals surface area contributed by atoms with Gasteiger partial charge in [-0.05, 0) is 62.4 Å². The van der Waals surface area contributed by atoms with Crippen LogP contribution in [0.3, 0.4) is 0 Å². The van der Waals surface area contributed by atoms with Gasteiger partial charge in [-0.1, -0.05) is 6.42 Å². The number of piperidine rings is 1. The molecule has 1 aromatic rings. The second-order valence-corrected chi connectivity index (χ2v) is 6.71. The highest BCUT2D eigenvalue weighted by atomic mass is 16.5. The van der Waals surface area contributed by atoms with Gasteiger partial charge in [0.15, 0.2) is 11.5 Å². The van der Waals surface area contributed by atoms with E-state index in [1.165, 1.54) is 7.11 Å². The van der Waals surface area contributed by atoms with Crippen LogP contribution in [-0.4, -0.2) is 58.1 Å². The quantitative estimate of drug-likeness (QED) is 0.496. The van der Waals surface area contributed by atoms with E-state index in [1.807, 2.05) is 6.07 Å². The molecule has 0 aliphatic carbocycles. The molecular weight excluding hydrogens is 334 g/mol. The Labute approximate surface area is 155 Å². The summed E-state index contributed by atoms with van der Waals surface area (Å²) in [5, 5.41) is 0. The number of carbonyl (C=O) groups excluding carboxylic acids is 2. The fraction of sp³-hybridized carbons (Fsp3) is 0.600. The smallest absolute Gasteiger partial charge is 0.319 e. The minimum absolute atomic E-state index is 0.168. The average molecular weight is 363 g/mol. The van der Waals surface area contributed by atoms with Gasteiger partial charge in [0, 0.05) is 5.56 Å². The number of ether oxygens (including phenoxy) is 3. The third kappa shape index (κ3) is 5.46. The summed E-state index contributed by atoms with van der Waals surface area (Å²) in [4.78, 5) is 24.9. The van der Waals surface area contributed by atoms with Crippen molar-refractivity contribution in [2.45, 2.75) is 32.1 Å². The zero-order valence-electron chi connectivity index (χ0n) is 16.0. The number of benzene rings is 1. The first kappa shape index (κ1) is 20.2. The standard InChI is InChI=1S/C20H29NO5/c1-24-18-11-16(17(14-22)12-19(18)25-2)6-4-5-15-7-9-21(10-8-15)13-20(23)26-3/h11-12,14-15H,4-10,13H2,1-3H3. The van der Waals surface area contributed by atoms with Gasteiger partial charge < -0.3 is 14.2 Å². The zero-order valence-corrected chi connectivity index (χ0v) is 16.0. The molecule has 1 fully saturated rings. The van der Waals surface area contributed by atoms with E-state index in [9.17, 15) is 9.59 Å². The molecule has 0 amide bonds. The molecule has 1 aromatic carbocycles. The van der Waals surface area contributed by atoms with Gasteiger partial charge >= 0.3 is 5.97 Å². The molecule has 1 aliphatic rings. The molecule has 0 spiro atoms. The number of hydrogen-bond donors (Lipinski definition) is 0. The van der Waals surface area contributed by atoms with Gasteiger partial charge in [-0.25, -0.2) is 0 Å². The van der Waals surface area contributed by atoms with Crippen LogP contribution >= 0.6 is 0 Å². The Morgan fingerprint density at radius 3 is 2.38 bits per heavy atom. The summed E-state index contributed by atoms with van der Waals surface area (Å²) in [6.07, 6.45) is 6.07. The monoisotopic (exact) mass is 363 g/mol. The molecule has 1 aliphatic heterocycles. The first-order chi connectivity index (χ1) is 12.6. The number of aryl methyl sites for hydroxylation is 1. The van der Waals surface area contributed by atoms with E-state index in [4.69, 9.17) is 14.2 Å². The van der Waals surface area contributed by atoms with Gasteiger partial charge in [0.1, 0.15) is 6.29 Å². The first-order valence-electron chi connectivity index (χ1n) is 9.10. The van der Waals surface area contributed by atoms with E-state index in [-0.39, 0.29) is 5.97 Å². The molecule has 0 N–H and O–H groups in total. The maximum absolute atomic E-state index is 11.4. The van der Waals surface area contributed by atoms with Crippen LogP contribution in [0.5, 0.6) is 11.5 Å². The van der Waals surface area contributed by atoms with E-state index in [1.54, 1.807) is 20.3 Å². The number of rotatable bonds is 9. The van der Waals surface area contributed by atoms with E-state index in [0.717, 1.165) is 57.0 Å². The van der Waals surface area contributed by atoms with Crippen molar-refractivity contribution in [1.82, 2.24) is 4.90 Å². The van der Waals surface area contributed by atoms with Crippen molar-refractivity contribution < 1.29 is 23.8 Å². The van der Waals surface area contributed by atoms with Crippen LogP contribution in [0.2, 0.25) is 0 Å². The third-order valence-electron chi connectivity index (χ3n) is 5.12. The average Bonchev–Trinajstić information content (AvgIpc) is 2.68. The first-order valence-corrected chi connectivity index (χ1v) is 9.10. The summed E-state index contributed by atoms with van der Waals surface area (Å²) in [5.74, 6) is 1.74. The molecule has 0 bridgehead atoms. The summed E-state index contributed by atoms with van der Waals surface area (Å²) in [7, 11) is 4.60. The number of aldehydes is 1. The van der Waals surface area contributed by atoms with Crippen LogP contribution in [0, 0.1) is 5.92 Å². The second kappa shape index (κ2) is 10.2. The molecule has 0 unspecified atom stereocenters. The molecule has 0 radical (unpaired) electrons. The Kier molecular flexibility index (Phi) is 7.91. The van der Waals surface area contributed by atoms with Crippen molar-refractivity contribution in [3.63, 3.8) is 0 Å². The summed E-state index contributed by atoms with van der Waals surface area (Å²) < 4.78 is 15.3. The molecular formula is C20H29NO5. The molecule has 144 valence electrons. The van der Waals surface area contributed by atoms with Gasteiger partial charge in [-0.2, -0.15) is 0 Å². The number of methoxy groups -OCH3 is 3. The summed E-state index contributed by atoms with van der Waals surface area (Å²) >= 11 is 0. The lowest BCUT2D eigenvalue weighted by Gasteiger charge is -2.31. The SMILES string of the molecule is COC(=O)CN1CCC(CCCc2cc(OC)c(OC)cc2C=O)CC1. The Morgan fingerprint density at radius 1 is 1.15 bits per heavy atom. The van der Waals surface area contributed by atoms with E-state index < -0.39 is 0 Å². The number of esters is 1. The number of hydrogen-bond acceptors (Lipinski definition) is 6. The predicted molar refractivity (Wildman–Crippen MR) is 99.1 cm³/mol. The number of likely N-dealkylation sites (tertiary alicyclic amines) is 1. The molecule has 2 rings (SSSR count). The predicted octanol–water partition coefficient (Wildman–Crippen LogP) is 2.72. The van der Waals surface area contributed by atoms with Gasteiger partial charge in [0.25, 0.3) is 0 Å². The van der Waals surface area contributed by atoms with Gasteiger partial charge in [0.05, 0.1) is 27.9 Å². The number of nitrogens with zero attached hydrogens (tertiary/aromatic N) is 1. The van der Waals surface area contributed by atoms with Gasteiger partial charge in [0.2, 0.25) is 0 Å². The van der Waals surface area contributed by atoms with Crippen molar-refractivity contribution >= 4 is 12.3 Å². The van der Waals surface area contributed by atoms with Crippen LogP contribution in [0.25, 0.3) is 0 Å². The highest BCUT2D eigenvalue weighted by molar-refractivity contribution is 5.79. The van der Waals surface area contributed by atoms with Crippen LogP contribution in [0.15, 0.2) is 12.1 Å². The van der Waals surface area contributed by atoms with Crippen molar-refractivity contribution in [3.05, 3.63) is 23.3 Å². The number of carbonyl (C=O) groups is 2. The lowest BCUT2D eigenvalue weighted by Crippen LogP contribution is -2.37. The van der Waals surface area contributed by atoms with E-state index in [2.05, 4.69) is 4.90 Å². The zero-order chi connectivity index (χ0) is 18.9. The molecule has 1 saturated heterocycles. The normalized spacial score (nSPS) is 15.5. The minimum atomic E-state index is -0.168. The summed E-state index contributed by atoms with van der Waals surface area (Å²) in [6.45, 7) is 2.27. The molecule has 6 heteroatoms. The van der Waals surface area contributed by atoms with Crippen molar-refractivity contribution in [1.29, 1.82) is 0 Å². The van der Waals surface area contributed by atoms with Crippen LogP contribution in [0.4, 0.5) is 0 Å². The lowest BCUT2D eigenvalue weighted by molar-refractivity contribution is -0.142. The van der Waals surface area contributed by atoms with Crippen molar-refractivity contribution in [2.24, 2.45) is 5.92 Å². The van der Waals surface area contributed by atoms with Crippen molar-refractivity contribution in [2.75, 3.05) is 41.0 Å². The Bertz CT molecular complexity index is 608. The molecule has 0 aromatic heterocycles. The maximum atomic E-state index is 11.4. The molecule has 0 saturated carbocycles. The molecule has 1 heterocycles. The van der Waals surface area contributed by atoms with Gasteiger partial charge in [-0.15, -0.1) is 0 Å². The Balaban J connectivity index is 1.83. The van der Waals surface area contributed by atoms with Crippen LogP contribution in [-0.2, 0) is 16.0 Å². The van der Waals surface area contributed by atoms with E-state index in [0.29, 0.717) is 29.5 Å². The minimum Gasteiger partial charge on any atom is -0.493 e. The topological polar surface area (TPSA) is 65.1 Å². The fourth-order valence-corrected chi connectivity index (χ4v) is 3.52. The maximum Gasteiger partial charge on any atom is 0.319 e.